The highest BCUT2D eigenvalue weighted by atomic mass is 16.6. The monoisotopic (exact) mass is 1010 g/mol. The third-order valence-corrected chi connectivity index (χ3v) is 12.6. The number of benzene rings is 6. The molecule has 0 fully saturated rings. The number of nitrogens with zero attached hydrogens (tertiary/aromatic N) is 4. The minimum absolute atomic E-state index is 0.0982. The topological polar surface area (TPSA) is 188 Å². The van der Waals surface area contributed by atoms with E-state index < -0.39 is 34.9 Å². The number of hydrogen-bond donors (Lipinski definition) is 4. The second-order valence-electron chi connectivity index (χ2n) is 21.1. The zero-order valence-electron chi connectivity index (χ0n) is 44.2. The Morgan fingerprint density at radius 3 is 1.29 bits per heavy atom. The Morgan fingerprint density at radius 1 is 0.533 bits per heavy atom. The molecule has 14 nitrogen and oxygen atoms in total. The highest BCUT2D eigenvalue weighted by Crippen LogP contribution is 2.36. The minimum atomic E-state index is -0.735. The average molecular weight is 1010 g/mol. The zero-order valence-corrected chi connectivity index (χ0v) is 44.2. The van der Waals surface area contributed by atoms with Crippen LogP contribution in [-0.2, 0) is 14.3 Å². The Hall–Kier alpha value is -8.39. The summed E-state index contributed by atoms with van der Waals surface area (Å²) in [6.45, 7) is 16.7. The number of carbonyl (C=O) groups excluding carboxylic acids is 5. The summed E-state index contributed by atoms with van der Waals surface area (Å²) in [5, 5.41) is 8.84. The number of aliphatic imine (C=N–C) groups is 2. The molecule has 2 aliphatic rings. The molecule has 8 rings (SSSR count). The molecule has 75 heavy (non-hydrogen) atoms. The van der Waals surface area contributed by atoms with Crippen LogP contribution in [0.2, 0.25) is 0 Å². The Balaban J connectivity index is 0.000000222. The summed E-state index contributed by atoms with van der Waals surface area (Å²) in [5.41, 5.74) is 10.5. The summed E-state index contributed by atoms with van der Waals surface area (Å²) in [6, 6.07) is 51.8. The SMILES string of the molecule is C[C@H](NC(=O)c1cccc(C(c2ccccc2)N2C(=O)CC(C)(C)N=C2N)c1)c1ccccc1.C[C@H](NC(=O)c1cccc(C(c2ccccc2)N2C(=O)CC(C)(C)N=C2NC(=O)OC(C)(C)C)c1)c1ccccc1. The second kappa shape index (κ2) is 23.2. The van der Waals surface area contributed by atoms with Crippen molar-refractivity contribution in [2.45, 2.75) is 116 Å². The molecule has 0 bridgehead atoms. The third kappa shape index (κ3) is 14.2. The van der Waals surface area contributed by atoms with Gasteiger partial charge in [-0.2, -0.15) is 0 Å². The fourth-order valence-electron chi connectivity index (χ4n) is 9.13. The Bertz CT molecular complexity index is 3050. The van der Waals surface area contributed by atoms with Crippen molar-refractivity contribution in [1.29, 1.82) is 0 Å². The van der Waals surface area contributed by atoms with Gasteiger partial charge in [0.1, 0.15) is 5.60 Å². The fourth-order valence-corrected chi connectivity index (χ4v) is 9.13. The van der Waals surface area contributed by atoms with Crippen molar-refractivity contribution in [1.82, 2.24) is 25.8 Å². The van der Waals surface area contributed by atoms with E-state index in [2.05, 4.69) is 20.9 Å². The van der Waals surface area contributed by atoms with E-state index in [0.717, 1.165) is 27.8 Å². The van der Waals surface area contributed by atoms with E-state index in [1.165, 1.54) is 4.90 Å². The van der Waals surface area contributed by atoms with Crippen LogP contribution in [0.5, 0.6) is 0 Å². The summed E-state index contributed by atoms with van der Waals surface area (Å²) in [4.78, 5) is 78.6. The number of hydrogen-bond acceptors (Lipinski definition) is 9. The van der Waals surface area contributed by atoms with Crippen molar-refractivity contribution in [2.24, 2.45) is 15.7 Å². The first kappa shape index (κ1) is 54.4. The summed E-state index contributed by atoms with van der Waals surface area (Å²) >= 11 is 0. The molecule has 6 aromatic rings. The maximum Gasteiger partial charge on any atom is 0.414 e. The quantitative estimate of drug-likeness (QED) is 0.0938. The first-order chi connectivity index (χ1) is 35.6. The molecule has 2 aliphatic heterocycles. The van der Waals surface area contributed by atoms with Crippen molar-refractivity contribution >= 4 is 41.6 Å². The molecule has 0 aliphatic carbocycles. The molecule has 0 spiro atoms. The van der Waals surface area contributed by atoms with Crippen LogP contribution in [0.15, 0.2) is 180 Å². The highest BCUT2D eigenvalue weighted by Gasteiger charge is 2.41. The Kier molecular flexibility index (Phi) is 16.8. The van der Waals surface area contributed by atoms with E-state index in [1.807, 2.05) is 187 Å². The zero-order chi connectivity index (χ0) is 54.1. The van der Waals surface area contributed by atoms with Gasteiger partial charge in [-0.05, 0) is 120 Å². The first-order valence-corrected chi connectivity index (χ1v) is 25.2. The van der Waals surface area contributed by atoms with Gasteiger partial charge in [-0.3, -0.25) is 34.3 Å². The van der Waals surface area contributed by atoms with Gasteiger partial charge in [-0.15, -0.1) is 0 Å². The van der Waals surface area contributed by atoms with Gasteiger partial charge in [0.15, 0.2) is 5.96 Å². The lowest BCUT2D eigenvalue weighted by Crippen LogP contribution is -2.55. The Morgan fingerprint density at radius 2 is 0.893 bits per heavy atom. The van der Waals surface area contributed by atoms with Crippen LogP contribution in [0.3, 0.4) is 0 Å². The molecular weight excluding hydrogens is 941 g/mol. The smallest absolute Gasteiger partial charge is 0.414 e. The second-order valence-corrected chi connectivity index (χ2v) is 21.1. The molecule has 5 amide bonds. The van der Waals surface area contributed by atoms with Gasteiger partial charge in [0, 0.05) is 11.1 Å². The molecule has 0 saturated heterocycles. The molecule has 2 heterocycles. The van der Waals surface area contributed by atoms with Gasteiger partial charge in [-0.1, -0.05) is 146 Å². The van der Waals surface area contributed by atoms with Gasteiger partial charge in [0.2, 0.25) is 17.8 Å². The summed E-state index contributed by atoms with van der Waals surface area (Å²) < 4.78 is 5.49. The number of carbonyl (C=O) groups is 5. The van der Waals surface area contributed by atoms with Crippen molar-refractivity contribution in [3.8, 4) is 0 Å². The number of rotatable bonds is 12. The lowest BCUT2D eigenvalue weighted by molar-refractivity contribution is -0.131. The Labute approximate surface area is 440 Å². The molecule has 4 atom stereocenters. The fraction of sp³-hybridized carbons (Fsp3) is 0.295. The number of ether oxygens (including phenoxy) is 1. The summed E-state index contributed by atoms with van der Waals surface area (Å²) in [7, 11) is 0. The summed E-state index contributed by atoms with van der Waals surface area (Å²) in [5.74, 6) is -0.444. The largest absolute Gasteiger partial charge is 0.444 e. The van der Waals surface area contributed by atoms with Crippen molar-refractivity contribution < 1.29 is 28.7 Å². The lowest BCUT2D eigenvalue weighted by Gasteiger charge is -2.39. The van der Waals surface area contributed by atoms with Crippen LogP contribution in [0.25, 0.3) is 0 Å². The predicted molar refractivity (Wildman–Crippen MR) is 294 cm³/mol. The number of nitrogens with one attached hydrogen (secondary N) is 3. The molecule has 14 heteroatoms. The number of alkyl carbamates (subject to hydrolysis) is 1. The van der Waals surface area contributed by atoms with Crippen molar-refractivity contribution in [2.75, 3.05) is 0 Å². The third-order valence-electron chi connectivity index (χ3n) is 12.6. The van der Waals surface area contributed by atoms with Crippen molar-refractivity contribution in [3.05, 3.63) is 214 Å². The van der Waals surface area contributed by atoms with Gasteiger partial charge in [0.05, 0.1) is 48.1 Å². The van der Waals surface area contributed by atoms with E-state index in [4.69, 9.17) is 15.5 Å². The minimum Gasteiger partial charge on any atom is -0.444 e. The van der Waals surface area contributed by atoms with E-state index in [9.17, 15) is 24.0 Å². The normalized spacial score (nSPS) is 16.6. The molecule has 6 aromatic carbocycles. The van der Waals surface area contributed by atoms with Crippen LogP contribution in [0.1, 0.15) is 153 Å². The van der Waals surface area contributed by atoms with Crippen LogP contribution in [0, 0.1) is 0 Å². The van der Waals surface area contributed by atoms with E-state index >= 15 is 0 Å². The average Bonchev–Trinajstić information content (AvgIpc) is 3.36. The van der Waals surface area contributed by atoms with E-state index in [0.29, 0.717) is 16.7 Å². The predicted octanol–water partition coefficient (Wildman–Crippen LogP) is 10.8. The molecular formula is C61H68N8O6. The van der Waals surface area contributed by atoms with Gasteiger partial charge >= 0.3 is 6.09 Å². The van der Waals surface area contributed by atoms with Crippen LogP contribution in [0.4, 0.5) is 4.79 Å². The highest BCUT2D eigenvalue weighted by molar-refractivity contribution is 6.06. The first-order valence-electron chi connectivity index (χ1n) is 25.2. The van der Waals surface area contributed by atoms with Crippen molar-refractivity contribution in [3.63, 3.8) is 0 Å². The number of nitrogens with two attached hydrogens (primary N) is 1. The number of guanidine groups is 2. The van der Waals surface area contributed by atoms with E-state index in [-0.39, 0.29) is 60.5 Å². The molecule has 0 saturated carbocycles. The number of amides is 5. The molecule has 0 radical (unpaired) electrons. The molecule has 5 N–H and O–H groups in total. The van der Waals surface area contributed by atoms with Crippen LogP contribution < -0.4 is 21.7 Å². The van der Waals surface area contributed by atoms with Crippen LogP contribution >= 0.6 is 0 Å². The summed E-state index contributed by atoms with van der Waals surface area (Å²) in [6.07, 6.45) is -0.308. The van der Waals surface area contributed by atoms with Gasteiger partial charge in [0.25, 0.3) is 11.8 Å². The lowest BCUT2D eigenvalue weighted by atomic mass is 9.92. The molecule has 388 valence electrons. The molecule has 2 unspecified atom stereocenters. The van der Waals surface area contributed by atoms with E-state index in [1.54, 1.807) is 49.9 Å². The van der Waals surface area contributed by atoms with Gasteiger partial charge in [-0.25, -0.2) is 14.8 Å². The molecule has 0 aromatic heterocycles. The standard InChI is InChI=1S/C33H38N4O4.C28H30N4O2/c1-22(23-14-9-7-10-15-23)34-29(39)26-19-13-18-25(20-26)28(24-16-11-8-12-17-24)37-27(38)21-33(5,6)36-30(37)35-31(40)41-32(2,3)4;1-19(20-11-6-4-7-12-20)30-26(34)23-16-10-15-22(17-23)25(21-13-8-5-9-14-21)32-24(33)18-28(2,3)31-27(32)29/h7-20,22,28H,21H2,1-6H3,(H,34,39)(H,35,36,40);4-17,19,25H,18H2,1-3H3,(H2,29,31)(H,30,34)/t22-,28?;19-,25?/m00/s1. The maximum atomic E-state index is 13.8. The van der Waals surface area contributed by atoms with Crippen LogP contribution in [-0.4, -0.2) is 68.1 Å². The maximum absolute atomic E-state index is 13.8. The van der Waals surface area contributed by atoms with Gasteiger partial charge < -0.3 is 21.1 Å².